The van der Waals surface area contributed by atoms with Crippen LogP contribution in [0.2, 0.25) is 0 Å². The van der Waals surface area contributed by atoms with Crippen molar-refractivity contribution in [1.29, 1.82) is 0 Å². The minimum Gasteiger partial charge on any atom is -0.467 e. The van der Waals surface area contributed by atoms with Crippen LogP contribution < -0.4 is 0 Å². The molecule has 1 saturated heterocycles. The first-order valence-corrected chi connectivity index (χ1v) is 12.5. The number of nitrogens with zero attached hydrogens (tertiary/aromatic N) is 4. The second-order valence-electron chi connectivity index (χ2n) is 7.55. The quantitative estimate of drug-likeness (QED) is 0.213. The van der Waals surface area contributed by atoms with Gasteiger partial charge in [-0.25, -0.2) is 9.67 Å². The zero-order chi connectivity index (χ0) is 23.1. The van der Waals surface area contributed by atoms with Gasteiger partial charge in [-0.05, 0) is 42.5 Å². The highest BCUT2D eigenvalue weighted by atomic mass is 32.2. The predicted octanol–water partition coefficient (Wildman–Crippen LogP) is 6.14. The lowest BCUT2D eigenvalue weighted by atomic mass is 10.2. The number of amides is 1. The minimum atomic E-state index is -0.144. The van der Waals surface area contributed by atoms with Gasteiger partial charge < -0.3 is 4.42 Å². The van der Waals surface area contributed by atoms with E-state index >= 15 is 0 Å². The molecule has 6 rings (SSSR count). The smallest absolute Gasteiger partial charge is 0.266 e. The zero-order valence-electron chi connectivity index (χ0n) is 17.6. The molecule has 34 heavy (non-hydrogen) atoms. The summed E-state index contributed by atoms with van der Waals surface area (Å²) in [5, 5.41) is 5.65. The Kier molecular flexibility index (Phi) is 5.37. The van der Waals surface area contributed by atoms with Gasteiger partial charge in [0, 0.05) is 11.8 Å². The first kappa shape index (κ1) is 21.0. The topological polar surface area (TPSA) is 64.2 Å². The van der Waals surface area contributed by atoms with Crippen LogP contribution in [-0.4, -0.2) is 29.9 Å². The molecule has 1 aliphatic heterocycles. The van der Waals surface area contributed by atoms with Crippen LogP contribution in [0, 0.1) is 0 Å². The normalized spacial score (nSPS) is 15.2. The number of carbonyl (C=O) groups excluding carboxylic acids is 1. The van der Waals surface area contributed by atoms with E-state index in [0.717, 1.165) is 32.2 Å². The van der Waals surface area contributed by atoms with Gasteiger partial charge in [-0.2, -0.15) is 5.10 Å². The molecule has 2 aromatic carbocycles. The molecule has 6 nitrogen and oxygen atoms in total. The van der Waals surface area contributed by atoms with Gasteiger partial charge in [0.2, 0.25) is 0 Å². The number of thioether (sulfide) groups is 1. The van der Waals surface area contributed by atoms with Crippen molar-refractivity contribution in [2.24, 2.45) is 0 Å². The monoisotopic (exact) mass is 500 g/mol. The molecule has 0 N–H and O–H groups in total. The summed E-state index contributed by atoms with van der Waals surface area (Å²) >= 11 is 8.35. The number of aromatic nitrogens is 3. The summed E-state index contributed by atoms with van der Waals surface area (Å²) in [7, 11) is 0. The van der Waals surface area contributed by atoms with Gasteiger partial charge in [-0.3, -0.25) is 9.69 Å². The number of rotatable bonds is 5. The Bertz CT molecular complexity index is 1520. The minimum absolute atomic E-state index is 0.144. The number of para-hydroxylation sites is 2. The predicted molar refractivity (Wildman–Crippen MR) is 140 cm³/mol. The molecule has 0 aliphatic carbocycles. The van der Waals surface area contributed by atoms with Crippen LogP contribution in [0.15, 0.2) is 88.5 Å². The van der Waals surface area contributed by atoms with E-state index in [4.69, 9.17) is 26.7 Å². The van der Waals surface area contributed by atoms with Crippen molar-refractivity contribution in [3.05, 3.63) is 95.4 Å². The third kappa shape index (κ3) is 3.87. The standard InChI is InChI=1S/C25H16N4O2S3/c30-24-21(34-25(32)28(24)15-18-9-6-12-31-18)13-16-14-29(17-7-2-1-3-8-17)27-22(16)23-26-19-10-4-5-11-20(19)33-23/h1-14H,15H2/b21-13-. The van der Waals surface area contributed by atoms with Crippen LogP contribution in [0.25, 0.3) is 32.7 Å². The van der Waals surface area contributed by atoms with Crippen molar-refractivity contribution in [2.75, 3.05) is 0 Å². The van der Waals surface area contributed by atoms with Crippen LogP contribution in [-0.2, 0) is 11.3 Å². The van der Waals surface area contributed by atoms with Crippen LogP contribution in [0.1, 0.15) is 11.3 Å². The summed E-state index contributed by atoms with van der Waals surface area (Å²) in [5.41, 5.74) is 3.38. The lowest BCUT2D eigenvalue weighted by Crippen LogP contribution is -2.27. The zero-order valence-corrected chi connectivity index (χ0v) is 20.1. The summed E-state index contributed by atoms with van der Waals surface area (Å²) in [6, 6.07) is 21.5. The van der Waals surface area contributed by atoms with Crippen molar-refractivity contribution in [1.82, 2.24) is 19.7 Å². The fourth-order valence-corrected chi connectivity index (χ4v) is 5.90. The summed E-state index contributed by atoms with van der Waals surface area (Å²) in [5.74, 6) is 0.540. The molecule has 3 aromatic heterocycles. The maximum absolute atomic E-state index is 13.2. The molecule has 0 bridgehead atoms. The van der Waals surface area contributed by atoms with Gasteiger partial charge in [-0.1, -0.05) is 54.3 Å². The molecule has 5 aromatic rings. The third-order valence-electron chi connectivity index (χ3n) is 5.31. The van der Waals surface area contributed by atoms with Gasteiger partial charge >= 0.3 is 0 Å². The Morgan fingerprint density at radius 3 is 2.65 bits per heavy atom. The first-order chi connectivity index (χ1) is 16.7. The third-order valence-corrected chi connectivity index (χ3v) is 7.73. The van der Waals surface area contributed by atoms with Crippen LogP contribution in [0.3, 0.4) is 0 Å². The summed E-state index contributed by atoms with van der Waals surface area (Å²) < 4.78 is 8.81. The number of thiazole rings is 1. The molecule has 0 radical (unpaired) electrons. The van der Waals surface area contributed by atoms with Crippen molar-refractivity contribution in [3.8, 4) is 16.4 Å². The van der Waals surface area contributed by atoms with E-state index in [1.54, 1.807) is 28.6 Å². The number of furan rings is 1. The van der Waals surface area contributed by atoms with Gasteiger partial charge in [0.25, 0.3) is 5.91 Å². The van der Waals surface area contributed by atoms with Gasteiger partial charge in [0.15, 0.2) is 0 Å². The second-order valence-corrected chi connectivity index (χ2v) is 10.3. The highest BCUT2D eigenvalue weighted by Crippen LogP contribution is 2.37. The molecule has 1 aliphatic rings. The molecule has 1 amide bonds. The number of thiocarbonyl (C=S) groups is 1. The fourth-order valence-electron chi connectivity index (χ4n) is 3.68. The Labute approximate surface area is 208 Å². The maximum atomic E-state index is 13.2. The number of carbonyl (C=O) groups is 1. The largest absolute Gasteiger partial charge is 0.467 e. The Balaban J connectivity index is 1.42. The van der Waals surface area contributed by atoms with Crippen molar-refractivity contribution >= 4 is 61.8 Å². The molecule has 0 spiro atoms. The summed E-state index contributed by atoms with van der Waals surface area (Å²) in [4.78, 5) is 20.1. The Morgan fingerprint density at radius 2 is 1.85 bits per heavy atom. The molecule has 166 valence electrons. The molecule has 0 atom stereocenters. The molecule has 0 unspecified atom stereocenters. The van der Waals surface area contributed by atoms with Gasteiger partial charge in [-0.15, -0.1) is 11.3 Å². The Hall–Kier alpha value is -3.53. The van der Waals surface area contributed by atoms with Crippen LogP contribution in [0.5, 0.6) is 0 Å². The van der Waals surface area contributed by atoms with Crippen molar-refractivity contribution in [3.63, 3.8) is 0 Å². The van der Waals surface area contributed by atoms with E-state index < -0.39 is 0 Å². The fraction of sp³-hybridized carbons (Fsp3) is 0.0400. The number of fused-ring (bicyclic) bond motifs is 1. The molecule has 0 saturated carbocycles. The maximum Gasteiger partial charge on any atom is 0.266 e. The van der Waals surface area contributed by atoms with Crippen LogP contribution in [0.4, 0.5) is 0 Å². The average Bonchev–Trinajstić information content (AvgIpc) is 3.64. The molecule has 4 heterocycles. The van der Waals surface area contributed by atoms with Crippen LogP contribution >= 0.6 is 35.3 Å². The average molecular weight is 501 g/mol. The Morgan fingerprint density at radius 1 is 1.03 bits per heavy atom. The molecular formula is C25H16N4O2S3. The van der Waals surface area contributed by atoms with E-state index in [9.17, 15) is 4.79 Å². The summed E-state index contributed by atoms with van der Waals surface area (Å²) in [6.45, 7) is 0.309. The number of benzene rings is 2. The molecule has 1 fully saturated rings. The molecular weight excluding hydrogens is 485 g/mol. The van der Waals surface area contributed by atoms with Gasteiger partial charge in [0.1, 0.15) is 20.8 Å². The number of hydrogen-bond donors (Lipinski definition) is 0. The number of hydrogen-bond acceptors (Lipinski definition) is 7. The van der Waals surface area contributed by atoms with E-state index in [1.807, 2.05) is 77.6 Å². The van der Waals surface area contributed by atoms with E-state index in [1.165, 1.54) is 11.8 Å². The lowest BCUT2D eigenvalue weighted by Gasteiger charge is -2.11. The van der Waals surface area contributed by atoms with E-state index in [2.05, 4.69) is 0 Å². The molecule has 9 heteroatoms. The van der Waals surface area contributed by atoms with E-state index in [0.29, 0.717) is 21.5 Å². The first-order valence-electron chi connectivity index (χ1n) is 10.4. The lowest BCUT2D eigenvalue weighted by molar-refractivity contribution is -0.122. The highest BCUT2D eigenvalue weighted by molar-refractivity contribution is 8.26. The van der Waals surface area contributed by atoms with Crippen molar-refractivity contribution < 1.29 is 9.21 Å². The SMILES string of the molecule is O=C1/C(=C/c2cn(-c3ccccc3)nc2-c2nc3ccccc3s2)SC(=S)N1Cc1ccco1. The van der Waals surface area contributed by atoms with Gasteiger partial charge in [0.05, 0.1) is 33.6 Å². The highest BCUT2D eigenvalue weighted by Gasteiger charge is 2.33. The van der Waals surface area contributed by atoms with Crippen molar-refractivity contribution in [2.45, 2.75) is 6.54 Å². The summed E-state index contributed by atoms with van der Waals surface area (Å²) in [6.07, 6.45) is 5.37. The second kappa shape index (κ2) is 8.68. The van der Waals surface area contributed by atoms with E-state index in [-0.39, 0.29) is 5.91 Å².